The summed E-state index contributed by atoms with van der Waals surface area (Å²) in [4.78, 5) is 29.4. The van der Waals surface area contributed by atoms with Gasteiger partial charge in [-0.05, 0) is 38.5 Å². The fourth-order valence-electron chi connectivity index (χ4n) is 4.20. The number of amides is 2. The van der Waals surface area contributed by atoms with E-state index in [1.807, 2.05) is 11.8 Å². The largest absolute Gasteiger partial charge is 0.375 e. The molecule has 2 amide bonds. The van der Waals surface area contributed by atoms with Crippen LogP contribution in [0.25, 0.3) is 0 Å². The second-order valence-electron chi connectivity index (χ2n) is 7.64. The number of carbonyl (C=O) groups excluding carboxylic acids is 2. The van der Waals surface area contributed by atoms with Crippen LogP contribution < -0.4 is 5.32 Å². The predicted molar refractivity (Wildman–Crippen MR) is 91.5 cm³/mol. The molecule has 6 heteroatoms. The van der Waals surface area contributed by atoms with Crippen molar-refractivity contribution in [2.45, 2.75) is 51.7 Å². The molecule has 0 bridgehead atoms. The third kappa shape index (κ3) is 3.91. The highest BCUT2D eigenvalue weighted by atomic mass is 16.5. The van der Waals surface area contributed by atoms with Crippen LogP contribution in [0.1, 0.15) is 39.5 Å². The average Bonchev–Trinajstić information content (AvgIpc) is 2.61. The van der Waals surface area contributed by atoms with Gasteiger partial charge in [0.1, 0.15) is 6.04 Å². The van der Waals surface area contributed by atoms with E-state index in [0.717, 1.165) is 38.9 Å². The molecule has 1 N–H and O–H groups in total. The Morgan fingerprint density at radius 2 is 1.75 bits per heavy atom. The monoisotopic (exact) mass is 337 g/mol. The highest BCUT2D eigenvalue weighted by Crippen LogP contribution is 2.24. The fraction of sp³-hybridized carbons (Fsp3) is 0.889. The number of morpholine rings is 1. The van der Waals surface area contributed by atoms with Crippen LogP contribution in [0.5, 0.6) is 0 Å². The van der Waals surface area contributed by atoms with Gasteiger partial charge >= 0.3 is 0 Å². The number of likely N-dealkylation sites (tertiary alicyclic amines) is 2. The zero-order valence-corrected chi connectivity index (χ0v) is 15.0. The smallest absolute Gasteiger partial charge is 0.242 e. The SMILES string of the molecule is CC1CCCN(C(=O)C2CCN(C(=O)[C@H]3NCCO[C@@H]3C)CC2)C1. The molecule has 3 aliphatic rings. The van der Waals surface area contributed by atoms with E-state index in [1.54, 1.807) is 0 Å². The Labute approximate surface area is 144 Å². The molecule has 0 radical (unpaired) electrons. The lowest BCUT2D eigenvalue weighted by atomic mass is 9.92. The van der Waals surface area contributed by atoms with Gasteiger partial charge in [-0.15, -0.1) is 0 Å². The highest BCUT2D eigenvalue weighted by Gasteiger charge is 2.36. The van der Waals surface area contributed by atoms with Gasteiger partial charge in [0.2, 0.25) is 11.8 Å². The van der Waals surface area contributed by atoms with Gasteiger partial charge in [-0.1, -0.05) is 6.92 Å². The molecule has 136 valence electrons. The summed E-state index contributed by atoms with van der Waals surface area (Å²) in [6.45, 7) is 8.73. The Kier molecular flexibility index (Phi) is 5.76. The third-order valence-electron chi connectivity index (χ3n) is 5.71. The van der Waals surface area contributed by atoms with E-state index in [-0.39, 0.29) is 24.0 Å². The topological polar surface area (TPSA) is 61.9 Å². The fourth-order valence-corrected chi connectivity index (χ4v) is 4.20. The van der Waals surface area contributed by atoms with Gasteiger partial charge in [-0.3, -0.25) is 9.59 Å². The molecule has 0 spiro atoms. The van der Waals surface area contributed by atoms with Gasteiger partial charge < -0.3 is 19.9 Å². The van der Waals surface area contributed by atoms with Crippen LogP contribution in [0, 0.1) is 11.8 Å². The number of carbonyl (C=O) groups is 2. The maximum atomic E-state index is 12.7. The molecule has 0 aliphatic carbocycles. The lowest BCUT2D eigenvalue weighted by Gasteiger charge is -2.39. The van der Waals surface area contributed by atoms with Crippen molar-refractivity contribution in [3.63, 3.8) is 0 Å². The van der Waals surface area contributed by atoms with Crippen molar-refractivity contribution in [1.82, 2.24) is 15.1 Å². The lowest BCUT2D eigenvalue weighted by molar-refractivity contribution is -0.145. The summed E-state index contributed by atoms with van der Waals surface area (Å²) in [5.41, 5.74) is 0. The van der Waals surface area contributed by atoms with Gasteiger partial charge in [0.25, 0.3) is 0 Å². The van der Waals surface area contributed by atoms with Gasteiger partial charge in [-0.25, -0.2) is 0 Å². The van der Waals surface area contributed by atoms with E-state index >= 15 is 0 Å². The van der Waals surface area contributed by atoms with E-state index < -0.39 is 0 Å². The van der Waals surface area contributed by atoms with E-state index in [0.29, 0.717) is 31.5 Å². The standard InChI is InChI=1S/C18H31N3O3/c1-13-4-3-8-21(12-13)17(22)15-5-9-20(10-6-15)18(23)16-14(2)24-11-7-19-16/h13-16,19H,3-12H2,1-2H3/t13?,14-,16+/m1/s1. The molecule has 6 nitrogen and oxygen atoms in total. The summed E-state index contributed by atoms with van der Waals surface area (Å²) in [6.07, 6.45) is 3.84. The summed E-state index contributed by atoms with van der Waals surface area (Å²) in [5.74, 6) is 1.14. The Balaban J connectivity index is 1.50. The quantitative estimate of drug-likeness (QED) is 0.812. The summed E-state index contributed by atoms with van der Waals surface area (Å²) < 4.78 is 5.58. The van der Waals surface area contributed by atoms with Gasteiger partial charge in [0.15, 0.2) is 0 Å². The van der Waals surface area contributed by atoms with Crippen molar-refractivity contribution in [1.29, 1.82) is 0 Å². The first-order chi connectivity index (χ1) is 11.6. The number of hydrogen-bond donors (Lipinski definition) is 1. The van der Waals surface area contributed by atoms with E-state index in [4.69, 9.17) is 4.74 Å². The van der Waals surface area contributed by atoms with Crippen molar-refractivity contribution >= 4 is 11.8 Å². The Morgan fingerprint density at radius 1 is 1.00 bits per heavy atom. The minimum Gasteiger partial charge on any atom is -0.375 e. The lowest BCUT2D eigenvalue weighted by Crippen LogP contribution is -2.58. The van der Waals surface area contributed by atoms with E-state index in [1.165, 1.54) is 6.42 Å². The van der Waals surface area contributed by atoms with Crippen molar-refractivity contribution in [2.75, 3.05) is 39.3 Å². The molecule has 0 aromatic rings. The molecule has 3 heterocycles. The number of hydrogen-bond acceptors (Lipinski definition) is 4. The van der Waals surface area contributed by atoms with Crippen LogP contribution in [0.2, 0.25) is 0 Å². The Morgan fingerprint density at radius 3 is 2.42 bits per heavy atom. The number of nitrogens with zero attached hydrogens (tertiary/aromatic N) is 2. The molecule has 1 unspecified atom stereocenters. The van der Waals surface area contributed by atoms with Crippen molar-refractivity contribution in [3.8, 4) is 0 Å². The van der Waals surface area contributed by atoms with Crippen LogP contribution in [0.15, 0.2) is 0 Å². The highest BCUT2D eigenvalue weighted by molar-refractivity contribution is 5.83. The number of rotatable bonds is 2. The summed E-state index contributed by atoms with van der Waals surface area (Å²) >= 11 is 0. The van der Waals surface area contributed by atoms with Crippen LogP contribution in [-0.2, 0) is 14.3 Å². The van der Waals surface area contributed by atoms with Crippen molar-refractivity contribution in [3.05, 3.63) is 0 Å². The zero-order valence-electron chi connectivity index (χ0n) is 15.0. The summed E-state index contributed by atoms with van der Waals surface area (Å²) in [7, 11) is 0. The predicted octanol–water partition coefficient (Wildman–Crippen LogP) is 0.860. The maximum absolute atomic E-state index is 12.7. The second-order valence-corrected chi connectivity index (χ2v) is 7.64. The average molecular weight is 337 g/mol. The molecule has 3 saturated heterocycles. The number of piperidine rings is 2. The first-order valence-electron chi connectivity index (χ1n) is 9.49. The van der Waals surface area contributed by atoms with Gasteiger partial charge in [0.05, 0.1) is 12.7 Å². The molecular weight excluding hydrogens is 306 g/mol. The molecule has 24 heavy (non-hydrogen) atoms. The van der Waals surface area contributed by atoms with Crippen LogP contribution in [-0.4, -0.2) is 73.1 Å². The van der Waals surface area contributed by atoms with Crippen molar-refractivity contribution in [2.24, 2.45) is 11.8 Å². The molecule has 3 fully saturated rings. The van der Waals surface area contributed by atoms with E-state index in [2.05, 4.69) is 17.1 Å². The molecule has 3 rings (SSSR count). The first-order valence-corrected chi connectivity index (χ1v) is 9.49. The number of ether oxygens (including phenoxy) is 1. The number of nitrogens with one attached hydrogen (secondary N) is 1. The first kappa shape index (κ1) is 17.7. The molecule has 3 aliphatic heterocycles. The minimum absolute atomic E-state index is 0.0829. The third-order valence-corrected chi connectivity index (χ3v) is 5.71. The van der Waals surface area contributed by atoms with Crippen LogP contribution in [0.4, 0.5) is 0 Å². The van der Waals surface area contributed by atoms with Crippen LogP contribution in [0.3, 0.4) is 0 Å². The maximum Gasteiger partial charge on any atom is 0.242 e. The summed E-state index contributed by atoms with van der Waals surface area (Å²) in [5, 5.41) is 3.27. The Bertz CT molecular complexity index is 462. The molecular formula is C18H31N3O3. The summed E-state index contributed by atoms with van der Waals surface area (Å²) in [6, 6.07) is -0.242. The Hall–Kier alpha value is -1.14. The molecule has 3 atom stereocenters. The van der Waals surface area contributed by atoms with Gasteiger partial charge in [-0.2, -0.15) is 0 Å². The molecule has 0 aromatic heterocycles. The molecule has 0 aromatic carbocycles. The normalized spacial score (nSPS) is 32.7. The van der Waals surface area contributed by atoms with E-state index in [9.17, 15) is 9.59 Å². The van der Waals surface area contributed by atoms with Gasteiger partial charge in [0, 0.05) is 38.6 Å². The zero-order chi connectivity index (χ0) is 17.1. The minimum atomic E-state index is -0.242. The second kappa shape index (κ2) is 7.83. The van der Waals surface area contributed by atoms with Crippen molar-refractivity contribution < 1.29 is 14.3 Å². The molecule has 0 saturated carbocycles. The van der Waals surface area contributed by atoms with Crippen LogP contribution >= 0.6 is 0 Å².